The normalized spacial score (nSPS) is 11.1. The van der Waals surface area contributed by atoms with E-state index in [4.69, 9.17) is 5.26 Å². The highest BCUT2D eigenvalue weighted by Crippen LogP contribution is 2.14. The van der Waals surface area contributed by atoms with Gasteiger partial charge in [-0.2, -0.15) is 9.94 Å². The van der Waals surface area contributed by atoms with Gasteiger partial charge < -0.3 is 0 Å². The maximum absolute atomic E-state index is 11.9. The quantitative estimate of drug-likeness (QED) is 0.843. The molecule has 1 N–H and O–H groups in total. The fourth-order valence-electron chi connectivity index (χ4n) is 1.83. The molecule has 1 aromatic carbocycles. The minimum absolute atomic E-state index is 0.0295. The Hall–Kier alpha value is -2.73. The maximum atomic E-state index is 11.9. The van der Waals surface area contributed by atoms with Crippen LogP contribution in [0.4, 0.5) is 0 Å². The van der Waals surface area contributed by atoms with Gasteiger partial charge in [-0.25, -0.2) is 13.2 Å². The van der Waals surface area contributed by atoms with Crippen LogP contribution in [0.3, 0.4) is 0 Å². The van der Waals surface area contributed by atoms with Gasteiger partial charge in [-0.1, -0.05) is 6.92 Å². The summed E-state index contributed by atoms with van der Waals surface area (Å²) in [6.07, 6.45) is 0.497. The molecule has 9 heteroatoms. The van der Waals surface area contributed by atoms with Crippen molar-refractivity contribution >= 4 is 9.84 Å². The van der Waals surface area contributed by atoms with Gasteiger partial charge in [0.25, 0.3) is 5.56 Å². The second kappa shape index (κ2) is 5.95. The molecule has 1 heterocycles. The van der Waals surface area contributed by atoms with Crippen molar-refractivity contribution in [2.45, 2.75) is 18.2 Å². The number of rotatable bonds is 4. The van der Waals surface area contributed by atoms with Crippen molar-refractivity contribution in [2.24, 2.45) is 0 Å². The summed E-state index contributed by atoms with van der Waals surface area (Å²) in [4.78, 5) is 25.1. The van der Waals surface area contributed by atoms with Crippen LogP contribution in [-0.4, -0.2) is 28.9 Å². The lowest BCUT2D eigenvalue weighted by Crippen LogP contribution is -2.33. The Morgan fingerprint density at radius 2 is 1.91 bits per heavy atom. The largest absolute Gasteiger partial charge is 0.349 e. The molecule has 2 aromatic rings. The van der Waals surface area contributed by atoms with Crippen molar-refractivity contribution in [3.05, 3.63) is 50.8 Å². The van der Waals surface area contributed by atoms with Gasteiger partial charge in [0, 0.05) is 0 Å². The molecule has 0 aliphatic carbocycles. The van der Waals surface area contributed by atoms with Gasteiger partial charge in [-0.05, 0) is 30.7 Å². The Labute approximate surface area is 125 Å². The summed E-state index contributed by atoms with van der Waals surface area (Å²) in [5.74, 6) is 0.0295. The molecule has 2 rings (SSSR count). The molecule has 114 valence electrons. The van der Waals surface area contributed by atoms with Crippen molar-refractivity contribution in [3.63, 3.8) is 0 Å². The van der Waals surface area contributed by atoms with Crippen LogP contribution in [0, 0.1) is 11.3 Å². The van der Waals surface area contributed by atoms with E-state index < -0.39 is 26.8 Å². The van der Waals surface area contributed by atoms with E-state index in [1.54, 1.807) is 13.0 Å². The van der Waals surface area contributed by atoms with E-state index in [0.29, 0.717) is 6.42 Å². The molecule has 0 spiro atoms. The average Bonchev–Trinajstić information content (AvgIpc) is 2.47. The lowest BCUT2D eigenvalue weighted by Gasteiger charge is -2.06. The predicted molar refractivity (Wildman–Crippen MR) is 77.5 cm³/mol. The van der Waals surface area contributed by atoms with Crippen LogP contribution in [0.1, 0.15) is 19.0 Å². The third-order valence-electron chi connectivity index (χ3n) is 2.85. The second-order valence-corrected chi connectivity index (χ2v) is 6.55. The summed E-state index contributed by atoms with van der Waals surface area (Å²) in [5, 5.41) is 12.4. The molecule has 0 amide bonds. The van der Waals surface area contributed by atoms with Crippen molar-refractivity contribution in [1.82, 2.24) is 14.8 Å². The minimum atomic E-state index is -3.36. The van der Waals surface area contributed by atoms with Crippen LogP contribution < -0.4 is 11.2 Å². The number of hydrogen-bond donors (Lipinski definition) is 1. The third kappa shape index (κ3) is 2.96. The van der Waals surface area contributed by atoms with Crippen molar-refractivity contribution in [3.8, 4) is 11.8 Å². The van der Waals surface area contributed by atoms with Crippen LogP contribution in [0.15, 0.2) is 38.8 Å². The van der Waals surface area contributed by atoms with E-state index in [-0.39, 0.29) is 16.3 Å². The van der Waals surface area contributed by atoms with Gasteiger partial charge in [0.15, 0.2) is 9.84 Å². The summed E-state index contributed by atoms with van der Waals surface area (Å²) in [5.41, 5.74) is -1.89. The standard InChI is InChI=1S/C13H12N4O4S/c1-2-7-22(20,21)10-5-3-9(4-6-10)17-13(19)15-12(18)11(8-14)16-17/h3-6H,2,7H2,1H3,(H,15,18,19). The molecule has 8 nitrogen and oxygen atoms in total. The second-order valence-electron chi connectivity index (χ2n) is 4.44. The first-order valence-electron chi connectivity index (χ1n) is 6.36. The molecule has 0 atom stereocenters. The maximum Gasteiger partial charge on any atom is 0.349 e. The highest BCUT2D eigenvalue weighted by molar-refractivity contribution is 7.91. The Morgan fingerprint density at radius 3 is 2.45 bits per heavy atom. The van der Waals surface area contributed by atoms with Crippen LogP contribution in [0.25, 0.3) is 5.69 Å². The molecule has 0 unspecified atom stereocenters. The number of nitriles is 1. The highest BCUT2D eigenvalue weighted by atomic mass is 32.2. The topological polar surface area (TPSA) is 126 Å². The molecule has 0 saturated carbocycles. The summed E-state index contributed by atoms with van der Waals surface area (Å²) >= 11 is 0. The van der Waals surface area contributed by atoms with E-state index in [1.807, 2.05) is 4.98 Å². The van der Waals surface area contributed by atoms with Crippen LogP contribution in [0.5, 0.6) is 0 Å². The monoisotopic (exact) mass is 320 g/mol. The Kier molecular flexibility index (Phi) is 4.23. The number of benzene rings is 1. The summed E-state index contributed by atoms with van der Waals surface area (Å²) < 4.78 is 24.7. The number of H-pyrrole nitrogens is 1. The summed E-state index contributed by atoms with van der Waals surface area (Å²) in [7, 11) is -3.36. The number of nitrogens with zero attached hydrogens (tertiary/aromatic N) is 3. The fourth-order valence-corrected chi connectivity index (χ4v) is 3.15. The van der Waals surface area contributed by atoms with E-state index in [1.165, 1.54) is 24.3 Å². The molecule has 0 aliphatic rings. The van der Waals surface area contributed by atoms with E-state index in [0.717, 1.165) is 4.68 Å². The van der Waals surface area contributed by atoms with Crippen LogP contribution >= 0.6 is 0 Å². The molecular formula is C13H12N4O4S. The first-order chi connectivity index (χ1) is 10.4. The lowest BCUT2D eigenvalue weighted by molar-refractivity contribution is 0.594. The predicted octanol–water partition coefficient (Wildman–Crippen LogP) is -0.0238. The van der Waals surface area contributed by atoms with Gasteiger partial charge in [0.2, 0.25) is 5.69 Å². The van der Waals surface area contributed by atoms with Gasteiger partial charge >= 0.3 is 5.69 Å². The third-order valence-corrected chi connectivity index (χ3v) is 4.78. The van der Waals surface area contributed by atoms with Gasteiger partial charge in [-0.3, -0.25) is 9.78 Å². The van der Waals surface area contributed by atoms with Gasteiger partial charge in [-0.15, -0.1) is 5.10 Å². The summed E-state index contributed by atoms with van der Waals surface area (Å²) in [6.45, 7) is 1.76. The van der Waals surface area contributed by atoms with Crippen molar-refractivity contribution in [2.75, 3.05) is 5.75 Å². The number of sulfone groups is 1. The van der Waals surface area contributed by atoms with E-state index in [9.17, 15) is 18.0 Å². The smallest absolute Gasteiger partial charge is 0.270 e. The van der Waals surface area contributed by atoms with E-state index >= 15 is 0 Å². The zero-order valence-electron chi connectivity index (χ0n) is 11.6. The number of hydrogen-bond acceptors (Lipinski definition) is 6. The molecule has 1 aromatic heterocycles. The molecule has 22 heavy (non-hydrogen) atoms. The summed E-state index contributed by atoms with van der Waals surface area (Å²) in [6, 6.07) is 7.05. The van der Waals surface area contributed by atoms with Gasteiger partial charge in [0.05, 0.1) is 16.3 Å². The molecule has 0 saturated heterocycles. The lowest BCUT2D eigenvalue weighted by atomic mass is 10.3. The average molecular weight is 320 g/mol. The molecule has 0 fully saturated rings. The molecule has 0 aliphatic heterocycles. The zero-order chi connectivity index (χ0) is 16.3. The number of nitrogens with one attached hydrogen (secondary N) is 1. The first-order valence-corrected chi connectivity index (χ1v) is 8.01. The Balaban J connectivity index is 2.51. The van der Waals surface area contributed by atoms with Crippen molar-refractivity contribution < 1.29 is 8.42 Å². The fraction of sp³-hybridized carbons (Fsp3) is 0.231. The Bertz CT molecular complexity index is 949. The molecule has 0 bridgehead atoms. The molecular weight excluding hydrogens is 308 g/mol. The zero-order valence-corrected chi connectivity index (χ0v) is 12.4. The number of aromatic amines is 1. The van der Waals surface area contributed by atoms with Crippen LogP contribution in [0.2, 0.25) is 0 Å². The SMILES string of the molecule is CCCS(=O)(=O)c1ccc(-n2nc(C#N)c(=O)[nH]c2=O)cc1. The first kappa shape index (κ1) is 15.7. The van der Waals surface area contributed by atoms with Gasteiger partial charge in [0.1, 0.15) is 6.07 Å². The van der Waals surface area contributed by atoms with Crippen molar-refractivity contribution in [1.29, 1.82) is 5.26 Å². The molecule has 0 radical (unpaired) electrons. The Morgan fingerprint density at radius 1 is 1.27 bits per heavy atom. The van der Waals surface area contributed by atoms with Crippen LogP contribution in [-0.2, 0) is 9.84 Å². The highest BCUT2D eigenvalue weighted by Gasteiger charge is 2.14. The number of aromatic nitrogens is 3. The minimum Gasteiger partial charge on any atom is -0.270 e. The van der Waals surface area contributed by atoms with E-state index in [2.05, 4.69) is 5.10 Å².